The normalized spacial score (nSPS) is 9.86. The average molecular weight is 324 g/mol. The van der Waals surface area contributed by atoms with E-state index in [1.54, 1.807) is 0 Å². The minimum Gasteiger partial charge on any atom is -0.384 e. The van der Waals surface area contributed by atoms with Crippen LogP contribution < -0.4 is 5.32 Å². The fourth-order valence-corrected chi connectivity index (χ4v) is 2.57. The van der Waals surface area contributed by atoms with Crippen molar-refractivity contribution in [2.75, 3.05) is 6.61 Å². The highest BCUT2D eigenvalue weighted by Gasteiger charge is 2.10. The molecule has 0 saturated carbocycles. The first-order valence-electron chi connectivity index (χ1n) is 6.01. The number of carbonyl (C=O) groups excluding carboxylic acids is 1. The Labute approximate surface area is 130 Å². The van der Waals surface area contributed by atoms with Crippen molar-refractivity contribution in [3.05, 3.63) is 56.5 Å². The second-order valence-electron chi connectivity index (χ2n) is 4.03. The van der Waals surface area contributed by atoms with Crippen molar-refractivity contribution in [1.82, 2.24) is 5.32 Å². The van der Waals surface area contributed by atoms with E-state index in [0.717, 1.165) is 16.5 Å². The number of carbonyl (C=O) groups is 1. The zero-order valence-corrected chi connectivity index (χ0v) is 12.4. The van der Waals surface area contributed by atoms with Crippen LogP contribution in [-0.4, -0.2) is 17.6 Å². The predicted octanol–water partition coefficient (Wildman–Crippen LogP) is 2.81. The molecule has 108 valence electrons. The van der Waals surface area contributed by atoms with Crippen LogP contribution in [-0.2, 0) is 6.54 Å². The van der Waals surface area contributed by atoms with E-state index in [1.165, 1.54) is 23.5 Å². The summed E-state index contributed by atoms with van der Waals surface area (Å²) in [4.78, 5) is 12.9. The number of rotatable bonds is 3. The third kappa shape index (κ3) is 4.05. The van der Waals surface area contributed by atoms with Gasteiger partial charge < -0.3 is 10.4 Å². The van der Waals surface area contributed by atoms with Crippen molar-refractivity contribution < 1.29 is 14.3 Å². The van der Waals surface area contributed by atoms with Gasteiger partial charge in [-0.25, -0.2) is 4.39 Å². The fraction of sp³-hybridized carbons (Fsp3) is 0.133. The number of aliphatic hydroxyl groups excluding tert-OH is 1. The number of aliphatic hydroxyl groups is 1. The van der Waals surface area contributed by atoms with Gasteiger partial charge in [0.05, 0.1) is 11.6 Å². The fourth-order valence-electron chi connectivity index (χ4n) is 1.62. The molecular formula is C15H11ClFNO2S. The number of benzene rings is 1. The predicted molar refractivity (Wildman–Crippen MR) is 80.9 cm³/mol. The Morgan fingerprint density at radius 2 is 2.24 bits per heavy atom. The van der Waals surface area contributed by atoms with Gasteiger partial charge in [0, 0.05) is 16.0 Å². The van der Waals surface area contributed by atoms with E-state index in [4.69, 9.17) is 16.7 Å². The lowest BCUT2D eigenvalue weighted by molar-refractivity contribution is 0.0951. The smallest absolute Gasteiger partial charge is 0.251 e. The van der Waals surface area contributed by atoms with E-state index in [-0.39, 0.29) is 17.5 Å². The number of hydrogen-bond donors (Lipinski definition) is 2. The van der Waals surface area contributed by atoms with Gasteiger partial charge in [0.1, 0.15) is 12.4 Å². The minimum absolute atomic E-state index is 0.0896. The summed E-state index contributed by atoms with van der Waals surface area (Å²) in [5.41, 5.74) is 1.06. The monoisotopic (exact) mass is 323 g/mol. The van der Waals surface area contributed by atoms with Gasteiger partial charge in [-0.1, -0.05) is 23.4 Å². The van der Waals surface area contributed by atoms with Crippen LogP contribution >= 0.6 is 22.9 Å². The number of halogens is 2. The van der Waals surface area contributed by atoms with Crippen LogP contribution in [0.5, 0.6) is 0 Å². The number of thiophene rings is 1. The molecule has 6 heteroatoms. The second kappa shape index (κ2) is 7.23. The summed E-state index contributed by atoms with van der Waals surface area (Å²) < 4.78 is 13.0. The highest BCUT2D eigenvalue weighted by Crippen LogP contribution is 2.17. The van der Waals surface area contributed by atoms with Crippen molar-refractivity contribution in [3.63, 3.8) is 0 Å². The molecule has 0 bridgehead atoms. The molecule has 0 fully saturated rings. The van der Waals surface area contributed by atoms with Crippen molar-refractivity contribution in [3.8, 4) is 11.8 Å². The first-order valence-corrected chi connectivity index (χ1v) is 7.27. The zero-order valence-electron chi connectivity index (χ0n) is 10.8. The van der Waals surface area contributed by atoms with Crippen LogP contribution in [0.25, 0.3) is 0 Å². The van der Waals surface area contributed by atoms with E-state index >= 15 is 0 Å². The molecule has 1 amide bonds. The summed E-state index contributed by atoms with van der Waals surface area (Å²) >= 11 is 7.10. The molecule has 0 unspecified atom stereocenters. The Hall–Kier alpha value is -1.87. The molecule has 1 aromatic heterocycles. The van der Waals surface area contributed by atoms with E-state index in [9.17, 15) is 9.18 Å². The Bertz CT molecular complexity index is 718. The summed E-state index contributed by atoms with van der Waals surface area (Å²) in [5, 5.41) is 13.2. The molecule has 0 spiro atoms. The number of hydrogen-bond acceptors (Lipinski definition) is 3. The third-order valence-corrected chi connectivity index (χ3v) is 3.85. The first-order chi connectivity index (χ1) is 10.1. The van der Waals surface area contributed by atoms with Gasteiger partial charge in [0.25, 0.3) is 5.91 Å². The molecule has 1 aromatic carbocycles. The van der Waals surface area contributed by atoms with Crippen molar-refractivity contribution in [1.29, 1.82) is 0 Å². The molecule has 2 aromatic rings. The molecule has 0 atom stereocenters. The van der Waals surface area contributed by atoms with Gasteiger partial charge in [-0.2, -0.15) is 0 Å². The zero-order chi connectivity index (χ0) is 15.2. The molecule has 21 heavy (non-hydrogen) atoms. The number of nitrogens with one attached hydrogen (secondary N) is 1. The Morgan fingerprint density at radius 3 is 2.95 bits per heavy atom. The lowest BCUT2D eigenvalue weighted by atomic mass is 10.2. The van der Waals surface area contributed by atoms with Crippen LogP contribution in [0.15, 0.2) is 29.6 Å². The van der Waals surface area contributed by atoms with Crippen LogP contribution in [0.1, 0.15) is 20.8 Å². The molecule has 0 radical (unpaired) electrons. The van der Waals surface area contributed by atoms with Crippen LogP contribution in [0.3, 0.4) is 0 Å². The summed E-state index contributed by atoms with van der Waals surface area (Å²) in [7, 11) is 0. The second-order valence-corrected chi connectivity index (χ2v) is 5.44. The average Bonchev–Trinajstić information content (AvgIpc) is 2.92. The van der Waals surface area contributed by atoms with Gasteiger partial charge in [0.15, 0.2) is 0 Å². The van der Waals surface area contributed by atoms with E-state index in [2.05, 4.69) is 17.2 Å². The molecule has 1 heterocycles. The third-order valence-electron chi connectivity index (χ3n) is 2.64. The largest absolute Gasteiger partial charge is 0.384 e. The maximum absolute atomic E-state index is 13.0. The standard InChI is InChI=1S/C15H11ClFNO2S/c16-12-8-11(3-4-13(12)17)15(20)18-9-14-10(2-1-6-19)5-7-21-14/h3-5,7-8,19H,6,9H2,(H,18,20). The maximum atomic E-state index is 13.0. The molecule has 3 nitrogen and oxygen atoms in total. The quantitative estimate of drug-likeness (QED) is 0.853. The minimum atomic E-state index is -0.562. The lowest BCUT2D eigenvalue weighted by Crippen LogP contribution is -2.22. The Morgan fingerprint density at radius 1 is 1.43 bits per heavy atom. The van der Waals surface area contributed by atoms with E-state index in [0.29, 0.717) is 12.1 Å². The summed E-state index contributed by atoms with van der Waals surface area (Å²) in [6, 6.07) is 5.63. The molecule has 0 saturated heterocycles. The van der Waals surface area contributed by atoms with E-state index < -0.39 is 5.82 Å². The molecule has 2 rings (SSSR count). The molecule has 0 aliphatic carbocycles. The Kier molecular flexibility index (Phi) is 5.34. The SMILES string of the molecule is O=C(NCc1sccc1C#CCO)c1ccc(F)c(Cl)c1. The lowest BCUT2D eigenvalue weighted by Gasteiger charge is -2.05. The first kappa shape index (κ1) is 15.5. The highest BCUT2D eigenvalue weighted by atomic mass is 35.5. The van der Waals surface area contributed by atoms with Crippen molar-refractivity contribution in [2.45, 2.75) is 6.54 Å². The van der Waals surface area contributed by atoms with Crippen LogP contribution in [0.2, 0.25) is 5.02 Å². The number of amides is 1. The Balaban J connectivity index is 2.04. The van der Waals surface area contributed by atoms with Gasteiger partial charge in [0.2, 0.25) is 0 Å². The van der Waals surface area contributed by atoms with Gasteiger partial charge in [-0.05, 0) is 29.6 Å². The summed E-state index contributed by atoms with van der Waals surface area (Å²) in [6.45, 7) is 0.0939. The molecule has 0 aliphatic heterocycles. The van der Waals surface area contributed by atoms with Crippen LogP contribution in [0, 0.1) is 17.7 Å². The molecular weight excluding hydrogens is 313 g/mol. The topological polar surface area (TPSA) is 49.3 Å². The van der Waals surface area contributed by atoms with Crippen molar-refractivity contribution in [2.24, 2.45) is 0 Å². The summed E-state index contributed by atoms with van der Waals surface area (Å²) in [6.07, 6.45) is 0. The molecule has 0 aliphatic rings. The van der Waals surface area contributed by atoms with Crippen LogP contribution in [0.4, 0.5) is 4.39 Å². The maximum Gasteiger partial charge on any atom is 0.251 e. The van der Waals surface area contributed by atoms with E-state index in [1.807, 2.05) is 11.4 Å². The summed E-state index contributed by atoms with van der Waals surface area (Å²) in [5.74, 6) is 4.47. The molecule has 2 N–H and O–H groups in total. The van der Waals surface area contributed by atoms with Crippen molar-refractivity contribution >= 4 is 28.8 Å². The van der Waals surface area contributed by atoms with Gasteiger partial charge >= 0.3 is 0 Å². The van der Waals surface area contributed by atoms with Gasteiger partial charge in [-0.3, -0.25) is 4.79 Å². The highest BCUT2D eigenvalue weighted by molar-refractivity contribution is 7.10. The van der Waals surface area contributed by atoms with Gasteiger partial charge in [-0.15, -0.1) is 11.3 Å².